The summed E-state index contributed by atoms with van der Waals surface area (Å²) >= 11 is 0. The van der Waals surface area contributed by atoms with Crippen LogP contribution in [0.5, 0.6) is 0 Å². The predicted octanol–water partition coefficient (Wildman–Crippen LogP) is 2.75. The highest BCUT2D eigenvalue weighted by atomic mass is 15.2. The van der Waals surface area contributed by atoms with E-state index in [2.05, 4.69) is 20.4 Å². The van der Waals surface area contributed by atoms with Crippen LogP contribution < -0.4 is 11.1 Å². The summed E-state index contributed by atoms with van der Waals surface area (Å²) in [4.78, 5) is 13.9. The standard InChI is InChI=1S/C19H23N7/c20-13-4-5-14(10-13)23-19-21-8-6-16(25-19)17-7-9-26-18(24-17)15(11-22-26)12-2-1-3-12/h6-9,11-14H,1-5,10,20H2,(H,21,23,25)/t13-,14-/m0/s1. The normalized spacial score (nSPS) is 23.3. The van der Waals surface area contributed by atoms with Gasteiger partial charge in [-0.2, -0.15) is 5.10 Å². The van der Waals surface area contributed by atoms with E-state index >= 15 is 0 Å². The highest BCUT2D eigenvalue weighted by Crippen LogP contribution is 2.38. The van der Waals surface area contributed by atoms with Gasteiger partial charge in [0.25, 0.3) is 0 Å². The van der Waals surface area contributed by atoms with Crippen LogP contribution >= 0.6 is 0 Å². The molecule has 7 nitrogen and oxygen atoms in total. The van der Waals surface area contributed by atoms with E-state index in [0.29, 0.717) is 17.9 Å². The van der Waals surface area contributed by atoms with E-state index in [-0.39, 0.29) is 6.04 Å². The maximum Gasteiger partial charge on any atom is 0.223 e. The highest BCUT2D eigenvalue weighted by Gasteiger charge is 2.24. The third kappa shape index (κ3) is 2.82. The van der Waals surface area contributed by atoms with Crippen molar-refractivity contribution >= 4 is 11.6 Å². The molecule has 2 saturated carbocycles. The number of nitrogens with one attached hydrogen (secondary N) is 1. The molecular weight excluding hydrogens is 326 g/mol. The Kier molecular flexibility index (Phi) is 3.81. The molecule has 2 aliphatic rings. The smallest absolute Gasteiger partial charge is 0.223 e. The molecule has 3 aromatic heterocycles. The Hall–Kier alpha value is -2.54. The Balaban J connectivity index is 1.44. The summed E-state index contributed by atoms with van der Waals surface area (Å²) in [5.41, 5.74) is 9.88. The number of nitrogens with zero attached hydrogens (tertiary/aromatic N) is 5. The summed E-state index contributed by atoms with van der Waals surface area (Å²) in [6.07, 6.45) is 12.6. The molecule has 3 N–H and O–H groups in total. The van der Waals surface area contributed by atoms with Gasteiger partial charge in [0.15, 0.2) is 5.65 Å². The average molecular weight is 349 g/mol. The third-order valence-corrected chi connectivity index (χ3v) is 5.67. The van der Waals surface area contributed by atoms with Gasteiger partial charge in [-0.15, -0.1) is 0 Å². The molecule has 2 fully saturated rings. The van der Waals surface area contributed by atoms with Crippen LogP contribution in [0, 0.1) is 0 Å². The summed E-state index contributed by atoms with van der Waals surface area (Å²) in [5.74, 6) is 1.25. The number of aromatic nitrogens is 5. The van der Waals surface area contributed by atoms with Crippen molar-refractivity contribution in [2.75, 3.05) is 5.32 Å². The van der Waals surface area contributed by atoms with Crippen LogP contribution in [-0.4, -0.2) is 36.6 Å². The average Bonchev–Trinajstić information content (AvgIpc) is 3.20. The quantitative estimate of drug-likeness (QED) is 0.752. The fraction of sp³-hybridized carbons (Fsp3) is 0.474. The van der Waals surface area contributed by atoms with Gasteiger partial charge in [0, 0.05) is 30.0 Å². The van der Waals surface area contributed by atoms with Crippen LogP contribution in [-0.2, 0) is 0 Å². The number of nitrogens with two attached hydrogens (primary N) is 1. The first-order valence-corrected chi connectivity index (χ1v) is 9.46. The molecule has 2 atom stereocenters. The van der Waals surface area contributed by atoms with Gasteiger partial charge in [0.2, 0.25) is 5.95 Å². The largest absolute Gasteiger partial charge is 0.351 e. The van der Waals surface area contributed by atoms with Crippen molar-refractivity contribution < 1.29 is 0 Å². The number of anilines is 1. The number of rotatable bonds is 4. The van der Waals surface area contributed by atoms with Gasteiger partial charge >= 0.3 is 0 Å². The lowest BCUT2D eigenvalue weighted by molar-refractivity contribution is 0.421. The lowest BCUT2D eigenvalue weighted by Crippen LogP contribution is -2.21. The van der Waals surface area contributed by atoms with Crippen molar-refractivity contribution in [1.82, 2.24) is 24.6 Å². The minimum atomic E-state index is 0.284. The van der Waals surface area contributed by atoms with E-state index in [1.54, 1.807) is 6.20 Å². The second-order valence-electron chi connectivity index (χ2n) is 7.49. The van der Waals surface area contributed by atoms with Crippen molar-refractivity contribution in [1.29, 1.82) is 0 Å². The first-order valence-electron chi connectivity index (χ1n) is 9.46. The van der Waals surface area contributed by atoms with E-state index in [1.165, 1.54) is 24.8 Å². The van der Waals surface area contributed by atoms with Gasteiger partial charge in [0.1, 0.15) is 0 Å². The zero-order chi connectivity index (χ0) is 17.5. The summed E-state index contributed by atoms with van der Waals surface area (Å²) < 4.78 is 1.86. The third-order valence-electron chi connectivity index (χ3n) is 5.67. The zero-order valence-electron chi connectivity index (χ0n) is 14.7. The van der Waals surface area contributed by atoms with E-state index in [9.17, 15) is 0 Å². The Morgan fingerprint density at radius 3 is 2.73 bits per heavy atom. The molecule has 0 saturated heterocycles. The van der Waals surface area contributed by atoms with Gasteiger partial charge < -0.3 is 11.1 Å². The molecule has 0 bridgehead atoms. The maximum atomic E-state index is 6.00. The van der Waals surface area contributed by atoms with Crippen molar-refractivity contribution in [3.8, 4) is 11.4 Å². The Bertz CT molecular complexity index is 931. The summed E-state index contributed by atoms with van der Waals surface area (Å²) in [7, 11) is 0. The molecule has 3 heterocycles. The molecule has 0 aliphatic heterocycles. The molecule has 7 heteroatoms. The van der Waals surface area contributed by atoms with Crippen molar-refractivity contribution in [3.63, 3.8) is 0 Å². The van der Waals surface area contributed by atoms with Gasteiger partial charge in [-0.3, -0.25) is 0 Å². The Labute approximate surface area is 152 Å². The molecular formula is C19H23N7. The Morgan fingerprint density at radius 1 is 1.08 bits per heavy atom. The first-order chi connectivity index (χ1) is 12.8. The maximum absolute atomic E-state index is 6.00. The predicted molar refractivity (Wildman–Crippen MR) is 99.8 cm³/mol. The molecule has 0 unspecified atom stereocenters. The molecule has 0 aromatic carbocycles. The van der Waals surface area contributed by atoms with Gasteiger partial charge in [-0.05, 0) is 50.2 Å². The molecule has 134 valence electrons. The number of fused-ring (bicyclic) bond motifs is 1. The summed E-state index contributed by atoms with van der Waals surface area (Å²) in [5, 5.41) is 7.86. The van der Waals surface area contributed by atoms with Gasteiger partial charge in [-0.1, -0.05) is 6.42 Å². The molecule has 26 heavy (non-hydrogen) atoms. The summed E-state index contributed by atoms with van der Waals surface area (Å²) in [6, 6.07) is 4.51. The molecule has 0 amide bonds. The number of hydrogen-bond acceptors (Lipinski definition) is 6. The van der Waals surface area contributed by atoms with E-state index in [1.807, 2.05) is 29.0 Å². The van der Waals surface area contributed by atoms with Crippen LogP contribution in [0.15, 0.2) is 30.7 Å². The first kappa shape index (κ1) is 15.7. The fourth-order valence-corrected chi connectivity index (χ4v) is 3.94. The van der Waals surface area contributed by atoms with Gasteiger partial charge in [-0.25, -0.2) is 19.5 Å². The summed E-state index contributed by atoms with van der Waals surface area (Å²) in [6.45, 7) is 0. The van der Waals surface area contributed by atoms with E-state index in [0.717, 1.165) is 36.3 Å². The van der Waals surface area contributed by atoms with Crippen molar-refractivity contribution in [3.05, 3.63) is 36.3 Å². The van der Waals surface area contributed by atoms with E-state index < -0.39 is 0 Å². The zero-order valence-corrected chi connectivity index (χ0v) is 14.7. The molecule has 3 aromatic rings. The fourth-order valence-electron chi connectivity index (χ4n) is 3.94. The molecule has 5 rings (SSSR count). The Morgan fingerprint density at radius 2 is 1.96 bits per heavy atom. The highest BCUT2D eigenvalue weighted by molar-refractivity contribution is 5.60. The monoisotopic (exact) mass is 349 g/mol. The minimum Gasteiger partial charge on any atom is -0.351 e. The van der Waals surface area contributed by atoms with Crippen LogP contribution in [0.3, 0.4) is 0 Å². The van der Waals surface area contributed by atoms with Crippen LogP contribution in [0.2, 0.25) is 0 Å². The molecule has 0 radical (unpaired) electrons. The van der Waals surface area contributed by atoms with Gasteiger partial charge in [0.05, 0.1) is 17.6 Å². The van der Waals surface area contributed by atoms with E-state index in [4.69, 9.17) is 10.7 Å². The SMILES string of the molecule is N[C@H]1CC[C@H](Nc2nccc(-c3ccn4ncc(C5CCC5)c4n3)n2)C1. The topological polar surface area (TPSA) is 94.0 Å². The van der Waals surface area contributed by atoms with Crippen LogP contribution in [0.25, 0.3) is 17.0 Å². The van der Waals surface area contributed by atoms with Crippen LogP contribution in [0.1, 0.15) is 50.0 Å². The van der Waals surface area contributed by atoms with Crippen molar-refractivity contribution in [2.24, 2.45) is 5.73 Å². The second kappa shape index (κ2) is 6.32. The van der Waals surface area contributed by atoms with Crippen LogP contribution in [0.4, 0.5) is 5.95 Å². The number of hydrogen-bond donors (Lipinski definition) is 2. The molecule has 2 aliphatic carbocycles. The van der Waals surface area contributed by atoms with Crippen molar-refractivity contribution in [2.45, 2.75) is 56.5 Å². The minimum absolute atomic E-state index is 0.284. The lowest BCUT2D eigenvalue weighted by Gasteiger charge is -2.24. The molecule has 0 spiro atoms. The lowest BCUT2D eigenvalue weighted by atomic mass is 9.81. The second-order valence-corrected chi connectivity index (χ2v) is 7.49.